The van der Waals surface area contributed by atoms with Crippen molar-refractivity contribution in [2.75, 3.05) is 33.3 Å². The van der Waals surface area contributed by atoms with Gasteiger partial charge in [-0.05, 0) is 55.5 Å². The van der Waals surface area contributed by atoms with Crippen molar-refractivity contribution in [2.45, 2.75) is 13.0 Å². The van der Waals surface area contributed by atoms with Gasteiger partial charge in [-0.2, -0.15) is 0 Å². The van der Waals surface area contributed by atoms with Gasteiger partial charge < -0.3 is 29.6 Å². The van der Waals surface area contributed by atoms with Crippen molar-refractivity contribution in [3.05, 3.63) is 42.5 Å². The third-order valence-electron chi connectivity index (χ3n) is 3.59. The molecule has 1 atom stereocenters. The average Bonchev–Trinajstić information content (AvgIpc) is 2.67. The van der Waals surface area contributed by atoms with Gasteiger partial charge in [0.05, 0.1) is 33.1 Å². The molecule has 2 aromatic carbocycles. The van der Waals surface area contributed by atoms with Crippen LogP contribution in [0.25, 0.3) is 0 Å². The zero-order valence-electron chi connectivity index (χ0n) is 15.4. The van der Waals surface area contributed by atoms with Gasteiger partial charge in [-0.15, -0.1) is 0 Å². The quantitative estimate of drug-likeness (QED) is 0.684. The van der Waals surface area contributed by atoms with Gasteiger partial charge in [-0.3, -0.25) is 0 Å². The van der Waals surface area contributed by atoms with E-state index >= 15 is 0 Å². The van der Waals surface area contributed by atoms with Crippen LogP contribution in [0.5, 0.6) is 23.0 Å². The number of benzene rings is 2. The van der Waals surface area contributed by atoms with E-state index in [9.17, 15) is 0 Å². The molecular formula is C19H24N2O4S. The number of thiocarbonyl (C=S) groups is 1. The van der Waals surface area contributed by atoms with Gasteiger partial charge in [0.25, 0.3) is 0 Å². The van der Waals surface area contributed by atoms with E-state index in [1.165, 1.54) is 0 Å². The first-order chi connectivity index (χ1) is 12.5. The van der Waals surface area contributed by atoms with E-state index in [0.717, 1.165) is 17.2 Å². The Balaban J connectivity index is 1.84. The second-order valence-corrected chi connectivity index (χ2v) is 5.96. The lowest BCUT2D eigenvalue weighted by Gasteiger charge is -2.19. The molecule has 2 rings (SSSR count). The standard InChI is InChI=1S/C19H24N2O4S/c1-13(12-25-15-7-5-14(22-2)6-8-15)20-19(26)21-17-10-9-16(23-3)11-18(17)24-4/h5-11,13H,12H2,1-4H3,(H2,20,21,26)/t13-/m1/s1. The van der Waals surface area contributed by atoms with Crippen molar-refractivity contribution in [1.82, 2.24) is 5.32 Å². The third-order valence-corrected chi connectivity index (χ3v) is 3.81. The molecule has 2 aromatic rings. The topological polar surface area (TPSA) is 61.0 Å². The highest BCUT2D eigenvalue weighted by Gasteiger charge is 2.09. The van der Waals surface area contributed by atoms with Crippen molar-refractivity contribution in [3.8, 4) is 23.0 Å². The number of nitrogens with one attached hydrogen (secondary N) is 2. The van der Waals surface area contributed by atoms with Crippen LogP contribution in [0.4, 0.5) is 5.69 Å². The number of anilines is 1. The van der Waals surface area contributed by atoms with Crippen LogP contribution in [0, 0.1) is 0 Å². The van der Waals surface area contributed by atoms with E-state index in [2.05, 4.69) is 10.6 Å². The van der Waals surface area contributed by atoms with E-state index in [1.54, 1.807) is 27.4 Å². The Hall–Kier alpha value is -2.67. The molecule has 6 nitrogen and oxygen atoms in total. The van der Waals surface area contributed by atoms with E-state index < -0.39 is 0 Å². The van der Waals surface area contributed by atoms with Gasteiger partial charge in [0.15, 0.2) is 5.11 Å². The molecule has 0 spiro atoms. The average molecular weight is 376 g/mol. The summed E-state index contributed by atoms with van der Waals surface area (Å²) in [6.07, 6.45) is 0. The highest BCUT2D eigenvalue weighted by Crippen LogP contribution is 2.28. The van der Waals surface area contributed by atoms with Gasteiger partial charge in [-0.1, -0.05) is 0 Å². The van der Waals surface area contributed by atoms with Crippen LogP contribution in [0.3, 0.4) is 0 Å². The minimum absolute atomic E-state index is 0.0151. The summed E-state index contributed by atoms with van der Waals surface area (Å²) in [5, 5.41) is 6.79. The van der Waals surface area contributed by atoms with Crippen molar-refractivity contribution < 1.29 is 18.9 Å². The highest BCUT2D eigenvalue weighted by molar-refractivity contribution is 7.80. The van der Waals surface area contributed by atoms with Gasteiger partial charge >= 0.3 is 0 Å². The molecular weight excluding hydrogens is 352 g/mol. The molecule has 0 fully saturated rings. The molecule has 0 saturated heterocycles. The predicted molar refractivity (Wildman–Crippen MR) is 107 cm³/mol. The Morgan fingerprint density at radius 3 is 2.15 bits per heavy atom. The molecule has 0 aromatic heterocycles. The Morgan fingerprint density at radius 1 is 0.923 bits per heavy atom. The second kappa shape index (κ2) is 9.72. The first-order valence-electron chi connectivity index (χ1n) is 8.12. The van der Waals surface area contributed by atoms with E-state index in [0.29, 0.717) is 23.2 Å². The summed E-state index contributed by atoms with van der Waals surface area (Å²) >= 11 is 5.36. The van der Waals surface area contributed by atoms with Crippen LogP contribution in [0.15, 0.2) is 42.5 Å². The Morgan fingerprint density at radius 2 is 1.54 bits per heavy atom. The Bertz CT molecular complexity index is 722. The number of hydrogen-bond donors (Lipinski definition) is 2. The molecule has 0 radical (unpaired) electrons. The molecule has 2 N–H and O–H groups in total. The number of ether oxygens (including phenoxy) is 4. The minimum Gasteiger partial charge on any atom is -0.497 e. The fraction of sp³-hybridized carbons (Fsp3) is 0.316. The molecule has 0 saturated carbocycles. The first-order valence-corrected chi connectivity index (χ1v) is 8.53. The zero-order valence-corrected chi connectivity index (χ0v) is 16.2. The van der Waals surface area contributed by atoms with E-state index in [-0.39, 0.29) is 6.04 Å². The first kappa shape index (κ1) is 19.7. The molecule has 140 valence electrons. The van der Waals surface area contributed by atoms with Gasteiger partial charge in [0.1, 0.15) is 29.6 Å². The summed E-state index contributed by atoms with van der Waals surface area (Å²) in [5.74, 6) is 2.93. The normalized spacial score (nSPS) is 11.2. The van der Waals surface area contributed by atoms with Crippen molar-refractivity contribution in [1.29, 1.82) is 0 Å². The van der Waals surface area contributed by atoms with Crippen molar-refractivity contribution in [3.63, 3.8) is 0 Å². The summed E-state index contributed by atoms with van der Waals surface area (Å²) in [4.78, 5) is 0. The molecule has 0 aliphatic heterocycles. The van der Waals surface area contributed by atoms with Gasteiger partial charge in [0, 0.05) is 6.07 Å². The Labute approximate surface area is 159 Å². The van der Waals surface area contributed by atoms with Crippen molar-refractivity contribution in [2.24, 2.45) is 0 Å². The van der Waals surface area contributed by atoms with Crippen LogP contribution < -0.4 is 29.6 Å². The molecule has 0 amide bonds. The lowest BCUT2D eigenvalue weighted by Crippen LogP contribution is -2.39. The number of rotatable bonds is 8. The SMILES string of the molecule is COc1ccc(OC[C@@H](C)NC(=S)Nc2ccc(OC)cc2OC)cc1. The molecule has 26 heavy (non-hydrogen) atoms. The monoisotopic (exact) mass is 376 g/mol. The number of methoxy groups -OCH3 is 3. The maximum Gasteiger partial charge on any atom is 0.171 e. The molecule has 0 unspecified atom stereocenters. The smallest absolute Gasteiger partial charge is 0.171 e. The van der Waals surface area contributed by atoms with Crippen molar-refractivity contribution >= 4 is 23.0 Å². The lowest BCUT2D eigenvalue weighted by molar-refractivity contribution is 0.286. The van der Waals surface area contributed by atoms with Gasteiger partial charge in [-0.25, -0.2) is 0 Å². The summed E-state index contributed by atoms with van der Waals surface area (Å²) in [7, 11) is 4.84. The van der Waals surface area contributed by atoms with E-state index in [4.69, 9.17) is 31.2 Å². The van der Waals surface area contributed by atoms with E-state index in [1.807, 2.05) is 43.3 Å². The summed E-state index contributed by atoms with van der Waals surface area (Å²) < 4.78 is 21.4. The maximum atomic E-state index is 5.75. The fourth-order valence-corrected chi connectivity index (χ4v) is 2.53. The largest absolute Gasteiger partial charge is 0.497 e. The fourth-order valence-electron chi connectivity index (χ4n) is 2.22. The van der Waals surface area contributed by atoms with Gasteiger partial charge in [0.2, 0.25) is 0 Å². The molecule has 0 heterocycles. The summed E-state index contributed by atoms with van der Waals surface area (Å²) in [6.45, 7) is 2.46. The second-order valence-electron chi connectivity index (χ2n) is 5.55. The zero-order chi connectivity index (χ0) is 18.9. The molecule has 0 aliphatic rings. The summed E-state index contributed by atoms with van der Waals surface area (Å²) in [6, 6.07) is 12.9. The lowest BCUT2D eigenvalue weighted by atomic mass is 10.2. The minimum atomic E-state index is 0.0151. The van der Waals surface area contributed by atoms with Crippen LogP contribution in [-0.4, -0.2) is 39.1 Å². The predicted octanol–water partition coefficient (Wildman–Crippen LogP) is 3.47. The third kappa shape index (κ3) is 5.70. The summed E-state index contributed by atoms with van der Waals surface area (Å²) in [5.41, 5.74) is 0.758. The van der Waals surface area contributed by atoms with Crippen LogP contribution in [0.1, 0.15) is 6.92 Å². The maximum absolute atomic E-state index is 5.75. The Kier molecular flexibility index (Phi) is 7.35. The van der Waals surface area contributed by atoms with Crippen LogP contribution in [-0.2, 0) is 0 Å². The van der Waals surface area contributed by atoms with Crippen LogP contribution in [0.2, 0.25) is 0 Å². The van der Waals surface area contributed by atoms with Crippen LogP contribution >= 0.6 is 12.2 Å². The molecule has 0 bridgehead atoms. The number of hydrogen-bond acceptors (Lipinski definition) is 5. The molecule has 0 aliphatic carbocycles. The molecule has 7 heteroatoms. The highest BCUT2D eigenvalue weighted by atomic mass is 32.1.